The van der Waals surface area contributed by atoms with Crippen molar-refractivity contribution in [2.75, 3.05) is 6.54 Å². The minimum absolute atomic E-state index is 0.663. The molecular formula is C16H30N5+. The predicted molar refractivity (Wildman–Crippen MR) is 85.8 cm³/mol. The first-order chi connectivity index (χ1) is 10.3. The first-order valence-electron chi connectivity index (χ1n) is 8.35. The lowest BCUT2D eigenvalue weighted by molar-refractivity contribution is -0.671. The van der Waals surface area contributed by atoms with E-state index in [0.29, 0.717) is 6.54 Å². The third kappa shape index (κ3) is 9.97. The third-order valence-corrected chi connectivity index (χ3v) is 3.81. The normalized spacial score (nSPS) is 10.5. The van der Waals surface area contributed by atoms with Crippen LogP contribution in [0.5, 0.6) is 0 Å². The summed E-state index contributed by atoms with van der Waals surface area (Å²) in [7, 11) is 2.06. The van der Waals surface area contributed by atoms with Crippen LogP contribution in [-0.2, 0) is 13.6 Å². The number of hydrogen-bond acceptors (Lipinski definition) is 1. The first-order valence-corrected chi connectivity index (χ1v) is 8.35. The lowest BCUT2D eigenvalue weighted by Gasteiger charge is -2.02. The number of nitrogens with zero attached hydrogens (tertiary/aromatic N) is 5. The fourth-order valence-electron chi connectivity index (χ4n) is 2.57. The predicted octanol–water partition coefficient (Wildman–Crippen LogP) is 4.52. The summed E-state index contributed by atoms with van der Waals surface area (Å²) in [5.41, 5.74) is 8.15. The Morgan fingerprint density at radius 1 is 0.952 bits per heavy atom. The van der Waals surface area contributed by atoms with E-state index in [9.17, 15) is 0 Å². The fourth-order valence-corrected chi connectivity index (χ4v) is 2.57. The number of hydrogen-bond donors (Lipinski definition) is 0. The van der Waals surface area contributed by atoms with Crippen LogP contribution in [0.3, 0.4) is 0 Å². The maximum Gasteiger partial charge on any atom is 0.243 e. The van der Waals surface area contributed by atoms with E-state index in [1.165, 1.54) is 57.8 Å². The summed E-state index contributed by atoms with van der Waals surface area (Å²) in [6.45, 7) is 1.81. The van der Waals surface area contributed by atoms with Crippen LogP contribution in [0.15, 0.2) is 23.8 Å². The van der Waals surface area contributed by atoms with E-state index >= 15 is 0 Å². The quantitative estimate of drug-likeness (QED) is 0.169. The van der Waals surface area contributed by atoms with Gasteiger partial charge in [-0.15, -0.1) is 0 Å². The van der Waals surface area contributed by atoms with Gasteiger partial charge in [0.1, 0.15) is 12.4 Å². The minimum Gasteiger partial charge on any atom is -0.240 e. The Hall–Kier alpha value is -1.48. The van der Waals surface area contributed by atoms with Crippen molar-refractivity contribution >= 4 is 0 Å². The molecule has 0 amide bonds. The van der Waals surface area contributed by atoms with E-state index in [2.05, 4.69) is 44.9 Å². The molecule has 1 heterocycles. The Labute approximate surface area is 128 Å². The van der Waals surface area contributed by atoms with Crippen LogP contribution in [0, 0.1) is 0 Å². The summed E-state index contributed by atoms with van der Waals surface area (Å²) in [6.07, 6.45) is 19.3. The maximum atomic E-state index is 8.15. The molecule has 0 saturated carbocycles. The molecule has 0 aliphatic heterocycles. The Kier molecular flexibility index (Phi) is 10.3. The van der Waals surface area contributed by atoms with Gasteiger partial charge in [-0.3, -0.25) is 0 Å². The van der Waals surface area contributed by atoms with Gasteiger partial charge in [-0.1, -0.05) is 50.1 Å². The largest absolute Gasteiger partial charge is 0.243 e. The van der Waals surface area contributed by atoms with Gasteiger partial charge in [-0.05, 0) is 24.8 Å². The van der Waals surface area contributed by atoms with Crippen molar-refractivity contribution in [2.45, 2.75) is 70.8 Å². The van der Waals surface area contributed by atoms with Gasteiger partial charge in [0.05, 0.1) is 13.6 Å². The smallest absolute Gasteiger partial charge is 0.240 e. The van der Waals surface area contributed by atoms with E-state index in [0.717, 1.165) is 13.0 Å². The van der Waals surface area contributed by atoms with Gasteiger partial charge in [0, 0.05) is 11.5 Å². The molecule has 1 rings (SSSR count). The highest BCUT2D eigenvalue weighted by atomic mass is 15.1. The minimum atomic E-state index is 0.663. The molecule has 5 heteroatoms. The second-order valence-electron chi connectivity index (χ2n) is 5.81. The zero-order chi connectivity index (χ0) is 15.2. The van der Waals surface area contributed by atoms with Crippen LogP contribution < -0.4 is 4.57 Å². The second kappa shape index (κ2) is 12.3. The van der Waals surface area contributed by atoms with E-state index in [1.54, 1.807) is 0 Å². The Morgan fingerprint density at radius 2 is 1.52 bits per heavy atom. The Morgan fingerprint density at radius 3 is 2.05 bits per heavy atom. The first kappa shape index (κ1) is 17.6. The maximum absolute atomic E-state index is 8.15. The van der Waals surface area contributed by atoms with E-state index in [-0.39, 0.29) is 0 Å². The van der Waals surface area contributed by atoms with Crippen LogP contribution >= 0.6 is 0 Å². The van der Waals surface area contributed by atoms with Crippen molar-refractivity contribution in [3.8, 4) is 0 Å². The van der Waals surface area contributed by atoms with Crippen LogP contribution in [-0.4, -0.2) is 11.1 Å². The number of azide groups is 1. The summed E-state index contributed by atoms with van der Waals surface area (Å²) < 4.78 is 4.35. The average molecular weight is 292 g/mol. The fraction of sp³-hybridized carbons (Fsp3) is 0.812. The number of rotatable bonds is 13. The highest BCUT2D eigenvalue weighted by Crippen LogP contribution is 2.11. The molecule has 0 atom stereocenters. The summed E-state index contributed by atoms with van der Waals surface area (Å²) in [4.78, 5) is 2.76. The molecule has 0 saturated heterocycles. The van der Waals surface area contributed by atoms with E-state index in [4.69, 9.17) is 5.53 Å². The summed E-state index contributed by atoms with van der Waals surface area (Å²) >= 11 is 0. The monoisotopic (exact) mass is 292 g/mol. The van der Waals surface area contributed by atoms with E-state index < -0.39 is 0 Å². The topological polar surface area (TPSA) is 57.6 Å². The molecule has 0 aliphatic carbocycles. The van der Waals surface area contributed by atoms with Crippen molar-refractivity contribution < 1.29 is 4.57 Å². The van der Waals surface area contributed by atoms with Crippen molar-refractivity contribution in [3.05, 3.63) is 29.2 Å². The SMILES string of the molecule is C[n+]1ccn(CCCCCCCCCCCCN=[N+]=[N-])c1. The zero-order valence-electron chi connectivity index (χ0n) is 13.5. The molecule has 1 aromatic rings. The highest BCUT2D eigenvalue weighted by molar-refractivity contribution is 4.65. The number of unbranched alkanes of at least 4 members (excludes halogenated alkanes) is 9. The molecule has 5 nitrogen and oxygen atoms in total. The van der Waals surface area contributed by atoms with Crippen molar-refractivity contribution in [2.24, 2.45) is 12.2 Å². The highest BCUT2D eigenvalue weighted by Gasteiger charge is 1.99. The number of aromatic nitrogens is 2. The number of aryl methyl sites for hydroxylation is 2. The Bertz CT molecular complexity index is 407. The summed E-state index contributed by atoms with van der Waals surface area (Å²) in [5.74, 6) is 0. The molecule has 0 radical (unpaired) electrons. The van der Waals surface area contributed by atoms with E-state index in [1.807, 2.05) is 0 Å². The van der Waals surface area contributed by atoms with Gasteiger partial charge in [0.15, 0.2) is 0 Å². The standard InChI is InChI=1S/C16H30N5/c1-20-14-15-21(16-20)13-11-9-7-5-3-2-4-6-8-10-12-18-19-17/h14-16H,2-13H2,1H3/q+1. The van der Waals surface area contributed by atoms with Crippen LogP contribution in [0.4, 0.5) is 0 Å². The Balaban J connectivity index is 1.77. The third-order valence-electron chi connectivity index (χ3n) is 3.81. The molecule has 0 fully saturated rings. The average Bonchev–Trinajstić information content (AvgIpc) is 2.89. The molecule has 1 aromatic heterocycles. The summed E-state index contributed by atoms with van der Waals surface area (Å²) in [5, 5.41) is 3.55. The van der Waals surface area contributed by atoms with Crippen molar-refractivity contribution in [3.63, 3.8) is 0 Å². The van der Waals surface area contributed by atoms with Gasteiger partial charge in [0.2, 0.25) is 6.33 Å². The summed E-state index contributed by atoms with van der Waals surface area (Å²) in [6, 6.07) is 0. The number of imidazole rings is 1. The molecule has 0 N–H and O–H groups in total. The van der Waals surface area contributed by atoms with Crippen LogP contribution in [0.2, 0.25) is 0 Å². The molecule has 0 aromatic carbocycles. The second-order valence-corrected chi connectivity index (χ2v) is 5.81. The van der Waals surface area contributed by atoms with Crippen LogP contribution in [0.25, 0.3) is 10.4 Å². The van der Waals surface area contributed by atoms with Gasteiger partial charge >= 0.3 is 0 Å². The van der Waals surface area contributed by atoms with Gasteiger partial charge in [-0.2, -0.15) is 0 Å². The van der Waals surface area contributed by atoms with Crippen molar-refractivity contribution in [1.29, 1.82) is 0 Å². The molecule has 118 valence electrons. The molecule has 0 bridgehead atoms. The van der Waals surface area contributed by atoms with Crippen molar-refractivity contribution in [1.82, 2.24) is 4.57 Å². The molecule has 21 heavy (non-hydrogen) atoms. The molecule has 0 spiro atoms. The van der Waals surface area contributed by atoms with Gasteiger partial charge in [-0.25, -0.2) is 9.13 Å². The molecular weight excluding hydrogens is 262 g/mol. The lowest BCUT2D eigenvalue weighted by Crippen LogP contribution is -2.23. The molecule has 0 unspecified atom stereocenters. The lowest BCUT2D eigenvalue weighted by atomic mass is 10.1. The van der Waals surface area contributed by atoms with Crippen LogP contribution in [0.1, 0.15) is 64.2 Å². The van der Waals surface area contributed by atoms with Gasteiger partial charge < -0.3 is 0 Å². The molecule has 0 aliphatic rings. The zero-order valence-corrected chi connectivity index (χ0v) is 13.5. The van der Waals surface area contributed by atoms with Gasteiger partial charge in [0.25, 0.3) is 0 Å².